The molecule has 7 nitrogen and oxygen atoms in total. The quantitative estimate of drug-likeness (QED) is 0.528. The number of carbonyl (C=O) groups excluding carboxylic acids is 1. The highest BCUT2D eigenvalue weighted by molar-refractivity contribution is 5.91. The molecule has 3 aromatic heterocycles. The predicted molar refractivity (Wildman–Crippen MR) is 118 cm³/mol. The summed E-state index contributed by atoms with van der Waals surface area (Å²) in [7, 11) is 0. The maximum atomic E-state index is 14.5. The van der Waals surface area contributed by atoms with Crippen molar-refractivity contribution in [1.29, 1.82) is 0 Å². The van der Waals surface area contributed by atoms with Gasteiger partial charge < -0.3 is 9.72 Å². The van der Waals surface area contributed by atoms with E-state index in [0.717, 1.165) is 5.65 Å². The van der Waals surface area contributed by atoms with Crippen LogP contribution in [0.4, 0.5) is 10.1 Å². The number of anilines is 1. The van der Waals surface area contributed by atoms with E-state index in [-0.39, 0.29) is 23.9 Å². The van der Waals surface area contributed by atoms with Gasteiger partial charge in [0.05, 0.1) is 16.8 Å². The molecule has 0 unspecified atom stereocenters. The molecule has 4 aromatic rings. The number of fused-ring (bicyclic) bond motifs is 2. The van der Waals surface area contributed by atoms with Crippen LogP contribution in [0.2, 0.25) is 0 Å². The summed E-state index contributed by atoms with van der Waals surface area (Å²) in [6.45, 7) is 6.62. The van der Waals surface area contributed by atoms with E-state index >= 15 is 0 Å². The minimum absolute atomic E-state index is 0.0148. The highest BCUT2D eigenvalue weighted by atomic mass is 19.1. The Morgan fingerprint density at radius 2 is 1.97 bits per heavy atom. The summed E-state index contributed by atoms with van der Waals surface area (Å²) in [6.07, 6.45) is 5.20. The first kappa shape index (κ1) is 20.7. The zero-order valence-corrected chi connectivity index (χ0v) is 17.9. The van der Waals surface area contributed by atoms with Gasteiger partial charge in [-0.3, -0.25) is 9.59 Å². The Morgan fingerprint density at radius 1 is 1.19 bits per heavy atom. The average molecular weight is 421 g/mol. The third-order valence-corrected chi connectivity index (χ3v) is 5.19. The van der Waals surface area contributed by atoms with Gasteiger partial charge in [-0.2, -0.15) is 5.10 Å². The number of carbonyl (C=O) groups is 1. The molecule has 0 aliphatic carbocycles. The lowest BCUT2D eigenvalue weighted by Crippen LogP contribution is -2.31. The van der Waals surface area contributed by atoms with E-state index in [4.69, 9.17) is 0 Å². The summed E-state index contributed by atoms with van der Waals surface area (Å²) >= 11 is 0. The third kappa shape index (κ3) is 4.05. The van der Waals surface area contributed by atoms with Gasteiger partial charge >= 0.3 is 0 Å². The lowest BCUT2D eigenvalue weighted by molar-refractivity contribution is -0.117. The van der Waals surface area contributed by atoms with Gasteiger partial charge in [0.1, 0.15) is 17.9 Å². The van der Waals surface area contributed by atoms with Gasteiger partial charge in [-0.25, -0.2) is 14.1 Å². The van der Waals surface area contributed by atoms with Crippen molar-refractivity contribution in [2.24, 2.45) is 0 Å². The summed E-state index contributed by atoms with van der Waals surface area (Å²) in [5, 5.41) is 8.27. The molecule has 0 spiro atoms. The zero-order valence-electron chi connectivity index (χ0n) is 17.9. The van der Waals surface area contributed by atoms with Crippen LogP contribution in [0.3, 0.4) is 0 Å². The molecule has 0 saturated heterocycles. The first-order valence-corrected chi connectivity index (χ1v) is 10.1. The van der Waals surface area contributed by atoms with Gasteiger partial charge in [0.25, 0.3) is 5.56 Å². The zero-order chi connectivity index (χ0) is 22.3. The van der Waals surface area contributed by atoms with Crippen LogP contribution in [0.5, 0.6) is 0 Å². The molecule has 0 aliphatic rings. The van der Waals surface area contributed by atoms with Gasteiger partial charge in [0.2, 0.25) is 5.91 Å². The molecular weight excluding hydrogens is 397 g/mol. The fourth-order valence-electron chi connectivity index (χ4n) is 3.54. The van der Waals surface area contributed by atoms with Crippen LogP contribution >= 0.6 is 0 Å². The predicted octanol–water partition coefficient (Wildman–Crippen LogP) is 4.01. The Balaban J connectivity index is 1.68. The van der Waals surface area contributed by atoms with Gasteiger partial charge in [0, 0.05) is 24.0 Å². The summed E-state index contributed by atoms with van der Waals surface area (Å²) in [6, 6.07) is 8.44. The van der Waals surface area contributed by atoms with Crippen molar-refractivity contribution in [3.63, 3.8) is 0 Å². The largest absolute Gasteiger partial charge is 0.323 e. The minimum atomic E-state index is -1.53. The number of hydrogen-bond donors (Lipinski definition) is 1. The molecule has 0 fully saturated rings. The van der Waals surface area contributed by atoms with Crippen LogP contribution in [0.1, 0.15) is 44.9 Å². The monoisotopic (exact) mass is 421 g/mol. The normalized spacial score (nSPS) is 12.1. The van der Waals surface area contributed by atoms with Crippen molar-refractivity contribution in [3.05, 3.63) is 70.5 Å². The van der Waals surface area contributed by atoms with Gasteiger partial charge in [-0.05, 0) is 49.6 Å². The van der Waals surface area contributed by atoms with E-state index in [1.807, 2.05) is 13.8 Å². The second-order valence-electron chi connectivity index (χ2n) is 8.39. The van der Waals surface area contributed by atoms with E-state index in [1.165, 1.54) is 18.5 Å². The number of hydrogen-bond acceptors (Lipinski definition) is 4. The third-order valence-electron chi connectivity index (χ3n) is 5.19. The van der Waals surface area contributed by atoms with Crippen LogP contribution in [0.15, 0.2) is 53.7 Å². The average Bonchev–Trinajstić information content (AvgIpc) is 3.16. The van der Waals surface area contributed by atoms with Crippen LogP contribution < -0.4 is 10.9 Å². The second kappa shape index (κ2) is 7.61. The molecule has 0 aliphatic heterocycles. The van der Waals surface area contributed by atoms with E-state index in [9.17, 15) is 14.0 Å². The number of pyridine rings is 1. The summed E-state index contributed by atoms with van der Waals surface area (Å²) in [5.41, 5.74) is 0.559. The SMILES string of the molecule is CC(C)c1nn(CC(=O)Nc2ccc3nccn3c2)c(=O)c2ccc(C(C)(C)F)cc12. The van der Waals surface area contributed by atoms with Crippen molar-refractivity contribution in [2.75, 3.05) is 5.32 Å². The van der Waals surface area contributed by atoms with Gasteiger partial charge in [0.15, 0.2) is 0 Å². The molecule has 1 aromatic carbocycles. The molecule has 31 heavy (non-hydrogen) atoms. The lowest BCUT2D eigenvalue weighted by atomic mass is 9.95. The van der Waals surface area contributed by atoms with E-state index in [0.29, 0.717) is 27.7 Å². The first-order chi connectivity index (χ1) is 14.6. The molecule has 0 radical (unpaired) electrons. The Kier molecular flexibility index (Phi) is 5.08. The standard InChI is InChI=1S/C23H24FN5O2/c1-14(2)21-18-11-15(23(3,4)24)5-7-17(18)22(31)29(27-21)13-20(30)26-16-6-8-19-25-9-10-28(19)12-16/h5-12,14H,13H2,1-4H3,(H,26,30). The fourth-order valence-corrected chi connectivity index (χ4v) is 3.54. The summed E-state index contributed by atoms with van der Waals surface area (Å²) < 4.78 is 17.4. The van der Waals surface area contributed by atoms with Crippen LogP contribution in [-0.2, 0) is 17.0 Å². The van der Waals surface area contributed by atoms with E-state index < -0.39 is 5.67 Å². The molecule has 3 heterocycles. The maximum Gasteiger partial charge on any atom is 0.275 e. The summed E-state index contributed by atoms with van der Waals surface area (Å²) in [4.78, 5) is 29.8. The number of aromatic nitrogens is 4. The highest BCUT2D eigenvalue weighted by Gasteiger charge is 2.22. The molecule has 160 valence electrons. The number of halogens is 1. The number of nitrogens with zero attached hydrogens (tertiary/aromatic N) is 4. The van der Waals surface area contributed by atoms with Crippen molar-refractivity contribution in [3.8, 4) is 0 Å². The number of benzene rings is 1. The lowest BCUT2D eigenvalue weighted by Gasteiger charge is -2.18. The number of imidazole rings is 1. The molecule has 1 amide bonds. The van der Waals surface area contributed by atoms with Crippen molar-refractivity contribution < 1.29 is 9.18 Å². The van der Waals surface area contributed by atoms with Crippen LogP contribution in [-0.4, -0.2) is 25.1 Å². The smallest absolute Gasteiger partial charge is 0.275 e. The van der Waals surface area contributed by atoms with Crippen molar-refractivity contribution in [1.82, 2.24) is 19.2 Å². The van der Waals surface area contributed by atoms with E-state index in [2.05, 4.69) is 15.4 Å². The Morgan fingerprint density at radius 3 is 2.68 bits per heavy atom. The van der Waals surface area contributed by atoms with Gasteiger partial charge in [-0.15, -0.1) is 0 Å². The number of nitrogens with one attached hydrogen (secondary N) is 1. The molecule has 4 rings (SSSR count). The van der Waals surface area contributed by atoms with Crippen LogP contribution in [0, 0.1) is 0 Å². The number of alkyl halides is 1. The Labute approximate surface area is 178 Å². The first-order valence-electron chi connectivity index (χ1n) is 10.1. The topological polar surface area (TPSA) is 81.3 Å². The Hall–Kier alpha value is -3.55. The maximum absolute atomic E-state index is 14.5. The fraction of sp³-hybridized carbons (Fsp3) is 0.304. The molecular formula is C23H24FN5O2. The number of rotatable bonds is 5. The van der Waals surface area contributed by atoms with Crippen molar-refractivity contribution in [2.45, 2.75) is 45.8 Å². The Bertz CT molecular complexity index is 1350. The molecule has 0 saturated carbocycles. The number of amides is 1. The summed E-state index contributed by atoms with van der Waals surface area (Å²) in [5.74, 6) is -0.385. The second-order valence-corrected chi connectivity index (χ2v) is 8.39. The molecule has 0 atom stereocenters. The molecule has 8 heteroatoms. The highest BCUT2D eigenvalue weighted by Crippen LogP contribution is 2.29. The van der Waals surface area contributed by atoms with Crippen LogP contribution in [0.25, 0.3) is 16.4 Å². The van der Waals surface area contributed by atoms with E-state index in [1.54, 1.807) is 53.3 Å². The van der Waals surface area contributed by atoms with Crippen molar-refractivity contribution >= 4 is 28.0 Å². The molecule has 0 bridgehead atoms. The minimum Gasteiger partial charge on any atom is -0.323 e. The molecule has 1 N–H and O–H groups in total. The van der Waals surface area contributed by atoms with Gasteiger partial charge in [-0.1, -0.05) is 19.9 Å².